The maximum absolute atomic E-state index is 4.55. The molecule has 1 aromatic rings. The normalized spacial score (nSPS) is 16.6. The first kappa shape index (κ1) is 14.6. The van der Waals surface area contributed by atoms with Crippen molar-refractivity contribution in [3.63, 3.8) is 0 Å². The van der Waals surface area contributed by atoms with Crippen LogP contribution >= 0.6 is 0 Å². The van der Waals surface area contributed by atoms with Gasteiger partial charge in [-0.05, 0) is 51.4 Å². The molecule has 3 heteroatoms. The second-order valence-electron chi connectivity index (χ2n) is 6.36. The first-order chi connectivity index (χ1) is 9.16. The standard InChI is InChI=1S/C16H29N3/c1-13(2)8-9-14(3)17-10-11-19-12-18-15-6-4-5-7-16(15)19/h12-14,17H,4-11H2,1-3H3. The number of fused-ring (bicyclic) bond motifs is 1. The van der Waals surface area contributed by atoms with E-state index in [9.17, 15) is 0 Å². The van der Waals surface area contributed by atoms with Crippen LogP contribution in [0.2, 0.25) is 0 Å². The number of hydrogen-bond donors (Lipinski definition) is 1. The highest BCUT2D eigenvalue weighted by Crippen LogP contribution is 2.19. The fourth-order valence-corrected chi connectivity index (χ4v) is 2.84. The first-order valence-corrected chi connectivity index (χ1v) is 7.93. The lowest BCUT2D eigenvalue weighted by atomic mass is 10.0. The molecule has 1 aromatic heterocycles. The van der Waals surface area contributed by atoms with Gasteiger partial charge in [0.15, 0.2) is 0 Å². The monoisotopic (exact) mass is 263 g/mol. The topological polar surface area (TPSA) is 29.9 Å². The zero-order valence-electron chi connectivity index (χ0n) is 12.8. The highest BCUT2D eigenvalue weighted by molar-refractivity contribution is 5.16. The highest BCUT2D eigenvalue weighted by atomic mass is 15.1. The molecule has 1 aliphatic rings. The van der Waals surface area contributed by atoms with Crippen molar-refractivity contribution in [2.24, 2.45) is 5.92 Å². The quantitative estimate of drug-likeness (QED) is 0.819. The van der Waals surface area contributed by atoms with Crippen molar-refractivity contribution in [3.05, 3.63) is 17.7 Å². The number of rotatable bonds is 7. The molecular formula is C16H29N3. The van der Waals surface area contributed by atoms with Crippen LogP contribution in [0.1, 0.15) is 57.8 Å². The molecule has 0 bridgehead atoms. The summed E-state index contributed by atoms with van der Waals surface area (Å²) in [7, 11) is 0. The third-order valence-electron chi connectivity index (χ3n) is 4.13. The Kier molecular flexibility index (Phi) is 5.44. The molecule has 1 N–H and O–H groups in total. The maximum atomic E-state index is 4.55. The average molecular weight is 263 g/mol. The zero-order valence-corrected chi connectivity index (χ0v) is 12.8. The minimum atomic E-state index is 0.627. The summed E-state index contributed by atoms with van der Waals surface area (Å²) in [6.45, 7) is 9.01. The van der Waals surface area contributed by atoms with E-state index in [0.29, 0.717) is 6.04 Å². The summed E-state index contributed by atoms with van der Waals surface area (Å²) in [4.78, 5) is 4.55. The fraction of sp³-hybridized carbons (Fsp3) is 0.812. The molecule has 0 radical (unpaired) electrons. The van der Waals surface area contributed by atoms with Crippen LogP contribution in [0.4, 0.5) is 0 Å². The van der Waals surface area contributed by atoms with Crippen molar-refractivity contribution in [1.29, 1.82) is 0 Å². The van der Waals surface area contributed by atoms with Gasteiger partial charge in [0.05, 0.1) is 12.0 Å². The minimum Gasteiger partial charge on any atom is -0.333 e. The third-order valence-corrected chi connectivity index (χ3v) is 4.13. The van der Waals surface area contributed by atoms with Crippen LogP contribution in [0, 0.1) is 5.92 Å². The van der Waals surface area contributed by atoms with Gasteiger partial charge in [0.2, 0.25) is 0 Å². The third kappa shape index (κ3) is 4.34. The second kappa shape index (κ2) is 7.09. The SMILES string of the molecule is CC(C)CCC(C)NCCn1cnc2c1CCCC2. The second-order valence-corrected chi connectivity index (χ2v) is 6.36. The van der Waals surface area contributed by atoms with Crippen LogP contribution in [0.3, 0.4) is 0 Å². The van der Waals surface area contributed by atoms with Gasteiger partial charge in [-0.15, -0.1) is 0 Å². The zero-order chi connectivity index (χ0) is 13.7. The Morgan fingerprint density at radius 2 is 2.00 bits per heavy atom. The predicted octanol–water partition coefficient (Wildman–Crippen LogP) is 3.18. The van der Waals surface area contributed by atoms with Gasteiger partial charge in [-0.1, -0.05) is 13.8 Å². The smallest absolute Gasteiger partial charge is 0.0952 e. The molecule has 3 nitrogen and oxygen atoms in total. The van der Waals surface area contributed by atoms with E-state index < -0.39 is 0 Å². The Labute approximate surface area is 117 Å². The van der Waals surface area contributed by atoms with Crippen LogP contribution in [-0.4, -0.2) is 22.1 Å². The number of imidazole rings is 1. The van der Waals surface area contributed by atoms with E-state index in [1.165, 1.54) is 49.9 Å². The van der Waals surface area contributed by atoms with Crippen LogP contribution in [-0.2, 0) is 19.4 Å². The highest BCUT2D eigenvalue weighted by Gasteiger charge is 2.14. The molecule has 0 fully saturated rings. The Bertz CT molecular complexity index is 381. The molecule has 0 aliphatic heterocycles. The van der Waals surface area contributed by atoms with E-state index in [-0.39, 0.29) is 0 Å². The van der Waals surface area contributed by atoms with Gasteiger partial charge in [0, 0.05) is 24.8 Å². The predicted molar refractivity (Wildman–Crippen MR) is 80.4 cm³/mol. The molecule has 108 valence electrons. The first-order valence-electron chi connectivity index (χ1n) is 7.93. The molecule has 0 saturated carbocycles. The Balaban J connectivity index is 1.72. The van der Waals surface area contributed by atoms with Crippen LogP contribution in [0.25, 0.3) is 0 Å². The Morgan fingerprint density at radius 3 is 2.79 bits per heavy atom. The van der Waals surface area contributed by atoms with Crippen molar-refractivity contribution in [3.8, 4) is 0 Å². The fourth-order valence-electron chi connectivity index (χ4n) is 2.84. The molecule has 0 aromatic carbocycles. The molecule has 0 saturated heterocycles. The van der Waals surface area contributed by atoms with Crippen LogP contribution in [0.5, 0.6) is 0 Å². The van der Waals surface area contributed by atoms with E-state index in [1.54, 1.807) is 0 Å². The van der Waals surface area contributed by atoms with E-state index >= 15 is 0 Å². The summed E-state index contributed by atoms with van der Waals surface area (Å²) in [6.07, 6.45) is 9.68. The van der Waals surface area contributed by atoms with Gasteiger partial charge in [0.25, 0.3) is 0 Å². The number of nitrogens with zero attached hydrogens (tertiary/aromatic N) is 2. The molecule has 1 atom stereocenters. The lowest BCUT2D eigenvalue weighted by Crippen LogP contribution is -2.30. The summed E-state index contributed by atoms with van der Waals surface area (Å²) < 4.78 is 2.36. The average Bonchev–Trinajstić information content (AvgIpc) is 2.80. The summed E-state index contributed by atoms with van der Waals surface area (Å²) in [6, 6.07) is 0.627. The lowest BCUT2D eigenvalue weighted by molar-refractivity contribution is 0.438. The Morgan fingerprint density at radius 1 is 1.21 bits per heavy atom. The number of hydrogen-bond acceptors (Lipinski definition) is 2. The van der Waals surface area contributed by atoms with Crippen molar-refractivity contribution in [1.82, 2.24) is 14.9 Å². The maximum Gasteiger partial charge on any atom is 0.0952 e. The summed E-state index contributed by atoms with van der Waals surface area (Å²) in [5, 5.41) is 3.63. The molecule has 19 heavy (non-hydrogen) atoms. The lowest BCUT2D eigenvalue weighted by Gasteiger charge is -2.17. The molecule has 0 amide bonds. The molecule has 1 heterocycles. The summed E-state index contributed by atoms with van der Waals surface area (Å²) in [5.41, 5.74) is 2.84. The summed E-state index contributed by atoms with van der Waals surface area (Å²) >= 11 is 0. The number of aromatic nitrogens is 2. The van der Waals surface area contributed by atoms with E-state index in [1.807, 2.05) is 6.33 Å². The Hall–Kier alpha value is -0.830. The minimum absolute atomic E-state index is 0.627. The number of aryl methyl sites for hydroxylation is 1. The van der Waals surface area contributed by atoms with Gasteiger partial charge >= 0.3 is 0 Å². The van der Waals surface area contributed by atoms with Gasteiger partial charge in [-0.3, -0.25) is 0 Å². The van der Waals surface area contributed by atoms with Gasteiger partial charge in [-0.2, -0.15) is 0 Å². The van der Waals surface area contributed by atoms with E-state index in [4.69, 9.17) is 0 Å². The van der Waals surface area contributed by atoms with E-state index in [0.717, 1.165) is 19.0 Å². The molecular weight excluding hydrogens is 234 g/mol. The van der Waals surface area contributed by atoms with Gasteiger partial charge in [-0.25, -0.2) is 4.98 Å². The van der Waals surface area contributed by atoms with E-state index in [2.05, 4.69) is 35.6 Å². The molecule has 1 unspecified atom stereocenters. The molecule has 1 aliphatic carbocycles. The largest absolute Gasteiger partial charge is 0.333 e. The van der Waals surface area contributed by atoms with Crippen molar-refractivity contribution in [2.45, 2.75) is 71.9 Å². The molecule has 2 rings (SSSR count). The van der Waals surface area contributed by atoms with Crippen LogP contribution < -0.4 is 5.32 Å². The van der Waals surface area contributed by atoms with Gasteiger partial charge < -0.3 is 9.88 Å². The van der Waals surface area contributed by atoms with Crippen molar-refractivity contribution >= 4 is 0 Å². The number of nitrogens with one attached hydrogen (secondary N) is 1. The van der Waals surface area contributed by atoms with Crippen LogP contribution in [0.15, 0.2) is 6.33 Å². The molecule has 0 spiro atoms. The van der Waals surface area contributed by atoms with Crippen molar-refractivity contribution < 1.29 is 0 Å². The summed E-state index contributed by atoms with van der Waals surface area (Å²) in [5.74, 6) is 0.810. The van der Waals surface area contributed by atoms with Crippen molar-refractivity contribution in [2.75, 3.05) is 6.54 Å². The van der Waals surface area contributed by atoms with Gasteiger partial charge in [0.1, 0.15) is 0 Å².